The lowest BCUT2D eigenvalue weighted by molar-refractivity contribution is -0.139. The second-order valence-electron chi connectivity index (χ2n) is 3.80. The monoisotopic (exact) mass is 274 g/mol. The van der Waals surface area contributed by atoms with Gasteiger partial charge in [0.05, 0.1) is 0 Å². The number of carbonyl (C=O) groups excluding carboxylic acids is 1. The summed E-state index contributed by atoms with van der Waals surface area (Å²) in [6, 6.07) is -1.22. The molecule has 0 bridgehead atoms. The minimum absolute atomic E-state index is 0.419. The van der Waals surface area contributed by atoms with Crippen molar-refractivity contribution >= 4 is 23.8 Å². The summed E-state index contributed by atoms with van der Waals surface area (Å²) < 4.78 is 0. The van der Waals surface area contributed by atoms with Gasteiger partial charge in [0, 0.05) is 18.1 Å². The van der Waals surface area contributed by atoms with Gasteiger partial charge in [-0.3, -0.25) is 0 Å². The van der Waals surface area contributed by atoms with Gasteiger partial charge in [0.1, 0.15) is 6.04 Å². The summed E-state index contributed by atoms with van der Waals surface area (Å²) in [6.45, 7) is 6.10. The van der Waals surface area contributed by atoms with Gasteiger partial charge in [0.2, 0.25) is 0 Å². The van der Waals surface area contributed by atoms with Crippen molar-refractivity contribution in [1.29, 1.82) is 0 Å². The number of amides is 2. The van der Waals surface area contributed by atoms with Crippen LogP contribution in [-0.4, -0.2) is 41.2 Å². The van der Waals surface area contributed by atoms with Crippen LogP contribution in [0.15, 0.2) is 12.7 Å². The van der Waals surface area contributed by atoms with E-state index in [2.05, 4.69) is 17.2 Å². The Balaban J connectivity index is 3.80. The average Bonchev–Trinajstić information content (AvgIpc) is 2.33. The third-order valence-electron chi connectivity index (χ3n) is 2.22. The molecule has 6 heteroatoms. The van der Waals surface area contributed by atoms with Crippen LogP contribution >= 0.6 is 11.8 Å². The van der Waals surface area contributed by atoms with E-state index >= 15 is 0 Å². The maximum absolute atomic E-state index is 11.4. The predicted octanol–water partition coefficient (Wildman–Crippen LogP) is 1.85. The molecule has 18 heavy (non-hydrogen) atoms. The average molecular weight is 274 g/mol. The minimum atomic E-state index is -0.986. The number of hydrogen-bond donors (Lipinski definition) is 3. The van der Waals surface area contributed by atoms with E-state index in [1.807, 2.05) is 6.92 Å². The van der Waals surface area contributed by atoms with Gasteiger partial charge in [-0.1, -0.05) is 25.8 Å². The van der Waals surface area contributed by atoms with E-state index in [0.29, 0.717) is 13.0 Å². The second kappa shape index (κ2) is 11.0. The zero-order valence-electron chi connectivity index (χ0n) is 10.8. The summed E-state index contributed by atoms with van der Waals surface area (Å²) in [6.07, 6.45) is 3.96. The molecule has 0 saturated heterocycles. The van der Waals surface area contributed by atoms with Crippen LogP contribution in [0.1, 0.15) is 26.2 Å². The Morgan fingerprint density at radius 1 is 1.50 bits per heavy atom. The Hall–Kier alpha value is -1.17. The highest BCUT2D eigenvalue weighted by Gasteiger charge is 2.18. The number of nitrogens with one attached hydrogen (secondary N) is 2. The first kappa shape index (κ1) is 16.8. The van der Waals surface area contributed by atoms with E-state index in [9.17, 15) is 9.59 Å². The Morgan fingerprint density at radius 2 is 2.22 bits per heavy atom. The predicted molar refractivity (Wildman–Crippen MR) is 75.0 cm³/mol. The van der Waals surface area contributed by atoms with Crippen LogP contribution in [0.5, 0.6) is 0 Å². The number of urea groups is 1. The van der Waals surface area contributed by atoms with E-state index in [1.165, 1.54) is 0 Å². The summed E-state index contributed by atoms with van der Waals surface area (Å²) in [5.74, 6) is 0.642. The Morgan fingerprint density at radius 3 is 2.78 bits per heavy atom. The quantitative estimate of drug-likeness (QED) is 0.419. The molecule has 3 N–H and O–H groups in total. The zero-order chi connectivity index (χ0) is 13.8. The number of hydrogen-bond acceptors (Lipinski definition) is 3. The minimum Gasteiger partial charge on any atom is -0.480 e. The molecule has 0 fully saturated rings. The number of thioether (sulfide) groups is 1. The van der Waals surface area contributed by atoms with Crippen LogP contribution < -0.4 is 10.6 Å². The molecule has 0 aromatic rings. The van der Waals surface area contributed by atoms with Crippen molar-refractivity contribution in [2.45, 2.75) is 32.2 Å². The molecule has 2 amide bonds. The standard InChI is InChI=1S/C12H22N2O3S/c1-3-5-6-10(11(15)16)14-12(17)13-7-9-18-8-4-2/h4,10H,2-3,5-9H2,1H3,(H,15,16)(H2,13,14,17). The van der Waals surface area contributed by atoms with Gasteiger partial charge in [0.25, 0.3) is 0 Å². The van der Waals surface area contributed by atoms with E-state index in [-0.39, 0.29) is 0 Å². The molecule has 1 atom stereocenters. The van der Waals surface area contributed by atoms with Crippen molar-refractivity contribution in [1.82, 2.24) is 10.6 Å². The molecule has 0 saturated carbocycles. The summed E-state index contributed by atoms with van der Waals surface area (Å²) in [4.78, 5) is 22.3. The molecular formula is C12H22N2O3S. The lowest BCUT2D eigenvalue weighted by atomic mass is 10.1. The number of rotatable bonds is 10. The van der Waals surface area contributed by atoms with E-state index < -0.39 is 18.0 Å². The van der Waals surface area contributed by atoms with Gasteiger partial charge in [-0.05, 0) is 6.42 Å². The summed E-state index contributed by atoms with van der Waals surface area (Å²) in [5, 5.41) is 14.0. The van der Waals surface area contributed by atoms with Gasteiger partial charge >= 0.3 is 12.0 Å². The summed E-state index contributed by atoms with van der Waals surface area (Å²) in [5.41, 5.74) is 0. The fourth-order valence-corrected chi connectivity index (χ4v) is 1.86. The third kappa shape index (κ3) is 8.92. The second-order valence-corrected chi connectivity index (χ2v) is 4.95. The Bertz CT molecular complexity index is 272. The number of unbranched alkanes of at least 4 members (excludes halogenated alkanes) is 1. The molecule has 0 aliphatic heterocycles. The van der Waals surface area contributed by atoms with Crippen LogP contribution in [0.2, 0.25) is 0 Å². The number of carboxylic acids is 1. The first-order valence-corrected chi connectivity index (χ1v) is 7.23. The molecule has 0 rings (SSSR count). The maximum atomic E-state index is 11.4. The molecule has 5 nitrogen and oxygen atoms in total. The van der Waals surface area contributed by atoms with Gasteiger partial charge in [-0.25, -0.2) is 9.59 Å². The molecule has 0 aliphatic rings. The highest BCUT2D eigenvalue weighted by molar-refractivity contribution is 7.99. The topological polar surface area (TPSA) is 78.4 Å². The van der Waals surface area contributed by atoms with Crippen molar-refractivity contribution in [2.24, 2.45) is 0 Å². The Kier molecular flexibility index (Phi) is 10.2. The number of aliphatic carboxylic acids is 1. The fourth-order valence-electron chi connectivity index (χ4n) is 1.28. The highest BCUT2D eigenvalue weighted by atomic mass is 32.2. The van der Waals surface area contributed by atoms with E-state index in [1.54, 1.807) is 17.8 Å². The first-order valence-electron chi connectivity index (χ1n) is 6.07. The highest BCUT2D eigenvalue weighted by Crippen LogP contribution is 2.01. The first-order chi connectivity index (χ1) is 8.61. The Labute approximate surface area is 112 Å². The van der Waals surface area contributed by atoms with Crippen LogP contribution in [0, 0.1) is 0 Å². The fraction of sp³-hybridized carbons (Fsp3) is 0.667. The van der Waals surface area contributed by atoms with E-state index in [4.69, 9.17) is 5.11 Å². The molecule has 0 aromatic carbocycles. The largest absolute Gasteiger partial charge is 0.480 e. The molecule has 0 heterocycles. The SMILES string of the molecule is C=CCSCCNC(=O)NC(CCCC)C(=O)O. The smallest absolute Gasteiger partial charge is 0.326 e. The van der Waals surface area contributed by atoms with Crippen LogP contribution in [0.4, 0.5) is 4.79 Å². The molecule has 0 spiro atoms. The van der Waals surface area contributed by atoms with Gasteiger partial charge in [-0.2, -0.15) is 11.8 Å². The lowest BCUT2D eigenvalue weighted by Gasteiger charge is -2.14. The van der Waals surface area contributed by atoms with Gasteiger partial charge in [-0.15, -0.1) is 6.58 Å². The molecule has 0 radical (unpaired) electrons. The summed E-state index contributed by atoms with van der Waals surface area (Å²) in [7, 11) is 0. The number of carbonyl (C=O) groups is 2. The van der Waals surface area contributed by atoms with Gasteiger partial charge in [0.15, 0.2) is 0 Å². The maximum Gasteiger partial charge on any atom is 0.326 e. The van der Waals surface area contributed by atoms with Crippen molar-refractivity contribution < 1.29 is 14.7 Å². The van der Waals surface area contributed by atoms with Crippen molar-refractivity contribution in [2.75, 3.05) is 18.1 Å². The molecule has 0 aliphatic carbocycles. The van der Waals surface area contributed by atoms with Crippen molar-refractivity contribution in [3.05, 3.63) is 12.7 Å². The van der Waals surface area contributed by atoms with Crippen LogP contribution in [0.25, 0.3) is 0 Å². The number of carboxylic acid groups (broad SMARTS) is 1. The van der Waals surface area contributed by atoms with Crippen LogP contribution in [0.3, 0.4) is 0 Å². The van der Waals surface area contributed by atoms with Crippen molar-refractivity contribution in [3.8, 4) is 0 Å². The van der Waals surface area contributed by atoms with Gasteiger partial charge < -0.3 is 15.7 Å². The molecular weight excluding hydrogens is 252 g/mol. The van der Waals surface area contributed by atoms with Crippen molar-refractivity contribution in [3.63, 3.8) is 0 Å². The lowest BCUT2D eigenvalue weighted by Crippen LogP contribution is -2.46. The van der Waals surface area contributed by atoms with E-state index in [0.717, 1.165) is 24.3 Å². The zero-order valence-corrected chi connectivity index (χ0v) is 11.6. The van der Waals surface area contributed by atoms with Crippen LogP contribution in [-0.2, 0) is 4.79 Å². The summed E-state index contributed by atoms with van der Waals surface area (Å²) >= 11 is 1.66. The third-order valence-corrected chi connectivity index (χ3v) is 3.18. The molecule has 0 aromatic heterocycles. The molecule has 104 valence electrons. The molecule has 1 unspecified atom stereocenters. The normalized spacial score (nSPS) is 11.6.